The molecule has 0 atom stereocenters. The third-order valence-corrected chi connectivity index (χ3v) is 3.39. The van der Waals surface area contributed by atoms with E-state index in [0.29, 0.717) is 5.69 Å². The van der Waals surface area contributed by atoms with E-state index in [-0.39, 0.29) is 24.8 Å². The van der Waals surface area contributed by atoms with E-state index in [4.69, 9.17) is 5.11 Å². The zero-order valence-electron chi connectivity index (χ0n) is 12.0. The first-order valence-electron chi connectivity index (χ1n) is 6.87. The number of hydrogen-bond acceptors (Lipinski definition) is 5. The van der Waals surface area contributed by atoms with Gasteiger partial charge in [-0.2, -0.15) is 0 Å². The fourth-order valence-corrected chi connectivity index (χ4v) is 2.31. The fourth-order valence-electron chi connectivity index (χ4n) is 2.31. The quantitative estimate of drug-likeness (QED) is 0.744. The van der Waals surface area contributed by atoms with E-state index < -0.39 is 0 Å². The molecule has 0 spiro atoms. The van der Waals surface area contributed by atoms with Crippen molar-refractivity contribution in [3.8, 4) is 5.69 Å². The van der Waals surface area contributed by atoms with Crippen molar-refractivity contribution in [2.75, 3.05) is 13.2 Å². The van der Waals surface area contributed by atoms with Crippen LogP contribution in [0.4, 0.5) is 0 Å². The maximum absolute atomic E-state index is 12.0. The summed E-state index contributed by atoms with van der Waals surface area (Å²) in [6.07, 6.45) is 3.49. The summed E-state index contributed by atoms with van der Waals surface area (Å²) < 4.78 is 1.64. The number of aliphatic hydroxyl groups excluding tert-OH is 1. The first-order valence-corrected chi connectivity index (χ1v) is 6.87. The molecular weight excluding hydrogens is 282 g/mol. The zero-order chi connectivity index (χ0) is 15.5. The average Bonchev–Trinajstić information content (AvgIpc) is 2.93. The van der Waals surface area contributed by atoms with Gasteiger partial charge in [0.15, 0.2) is 5.69 Å². The van der Waals surface area contributed by atoms with Crippen molar-refractivity contribution in [3.63, 3.8) is 0 Å². The molecule has 2 heterocycles. The lowest BCUT2D eigenvalue weighted by Gasteiger charge is -2.07. The van der Waals surface area contributed by atoms with Gasteiger partial charge in [0.05, 0.1) is 18.0 Å². The fraction of sp³-hybridized carbons (Fsp3) is 0.200. The van der Waals surface area contributed by atoms with Gasteiger partial charge in [-0.15, -0.1) is 5.10 Å². The summed E-state index contributed by atoms with van der Waals surface area (Å²) >= 11 is 0. The molecule has 22 heavy (non-hydrogen) atoms. The molecule has 0 unspecified atom stereocenters. The number of nitrogens with one attached hydrogen (secondary N) is 1. The summed E-state index contributed by atoms with van der Waals surface area (Å²) in [5.74, 6) is -0.347. The van der Waals surface area contributed by atoms with Crippen LogP contribution < -0.4 is 5.32 Å². The summed E-state index contributed by atoms with van der Waals surface area (Å²) in [7, 11) is 0. The third kappa shape index (κ3) is 2.42. The second-order valence-electron chi connectivity index (χ2n) is 4.79. The molecule has 112 valence electrons. The van der Waals surface area contributed by atoms with Crippen LogP contribution in [0, 0.1) is 6.92 Å². The van der Waals surface area contributed by atoms with E-state index in [0.717, 1.165) is 16.5 Å². The Hall–Kier alpha value is -2.80. The number of rotatable bonds is 4. The van der Waals surface area contributed by atoms with Crippen LogP contribution in [0.2, 0.25) is 0 Å². The predicted molar refractivity (Wildman–Crippen MR) is 80.8 cm³/mol. The Labute approximate surface area is 126 Å². The minimum atomic E-state index is -0.347. The van der Waals surface area contributed by atoms with Gasteiger partial charge in [0.1, 0.15) is 0 Å². The van der Waals surface area contributed by atoms with E-state index in [2.05, 4.69) is 20.6 Å². The predicted octanol–water partition coefficient (Wildman–Crippen LogP) is 0.846. The number of aromatic nitrogens is 4. The summed E-state index contributed by atoms with van der Waals surface area (Å²) in [5, 5.41) is 21.4. The average molecular weight is 297 g/mol. The van der Waals surface area contributed by atoms with Gasteiger partial charge < -0.3 is 10.4 Å². The van der Waals surface area contributed by atoms with Crippen LogP contribution in [0.3, 0.4) is 0 Å². The van der Waals surface area contributed by atoms with Crippen molar-refractivity contribution < 1.29 is 9.90 Å². The minimum Gasteiger partial charge on any atom is -0.395 e. The summed E-state index contributed by atoms with van der Waals surface area (Å²) in [6, 6.07) is 7.69. The maximum Gasteiger partial charge on any atom is 0.273 e. The molecule has 0 radical (unpaired) electrons. The molecule has 0 aliphatic carbocycles. The number of aliphatic hydroxyl groups is 1. The van der Waals surface area contributed by atoms with Gasteiger partial charge in [-0.05, 0) is 19.1 Å². The first-order chi connectivity index (χ1) is 10.7. The highest BCUT2D eigenvalue weighted by atomic mass is 16.3. The van der Waals surface area contributed by atoms with E-state index >= 15 is 0 Å². The number of amides is 1. The van der Waals surface area contributed by atoms with Crippen LogP contribution in [0.1, 0.15) is 16.2 Å². The van der Waals surface area contributed by atoms with E-state index in [1.165, 1.54) is 0 Å². The molecule has 0 bridgehead atoms. The van der Waals surface area contributed by atoms with Crippen LogP contribution in [0.15, 0.2) is 36.7 Å². The van der Waals surface area contributed by atoms with Crippen LogP contribution >= 0.6 is 0 Å². The Morgan fingerprint density at radius 1 is 1.36 bits per heavy atom. The molecule has 0 saturated carbocycles. The van der Waals surface area contributed by atoms with Crippen molar-refractivity contribution in [2.24, 2.45) is 0 Å². The molecule has 1 amide bonds. The number of fused-ring (bicyclic) bond motifs is 1. The van der Waals surface area contributed by atoms with E-state index in [1.54, 1.807) is 24.0 Å². The molecule has 0 fully saturated rings. The van der Waals surface area contributed by atoms with Gasteiger partial charge in [0.25, 0.3) is 5.91 Å². The lowest BCUT2D eigenvalue weighted by atomic mass is 10.1. The lowest BCUT2D eigenvalue weighted by Crippen LogP contribution is -2.27. The van der Waals surface area contributed by atoms with Crippen LogP contribution in [0.25, 0.3) is 16.5 Å². The molecule has 2 aromatic heterocycles. The van der Waals surface area contributed by atoms with Crippen molar-refractivity contribution in [1.82, 2.24) is 25.3 Å². The number of benzene rings is 1. The highest BCUT2D eigenvalue weighted by molar-refractivity contribution is 5.94. The second-order valence-corrected chi connectivity index (χ2v) is 4.79. The molecule has 0 aliphatic rings. The molecule has 7 heteroatoms. The standard InChI is InChI=1S/C15H15N5O2/c1-10-14(15(22)17-7-8-21)18-19-20(10)13-4-2-3-11-9-16-6-5-12(11)13/h2-6,9,21H,7-8H2,1H3,(H,17,22). The molecular formula is C15H15N5O2. The van der Waals surface area contributed by atoms with Crippen molar-refractivity contribution in [1.29, 1.82) is 0 Å². The van der Waals surface area contributed by atoms with Crippen molar-refractivity contribution >= 4 is 16.7 Å². The van der Waals surface area contributed by atoms with Crippen LogP contribution in [0.5, 0.6) is 0 Å². The zero-order valence-corrected chi connectivity index (χ0v) is 12.0. The maximum atomic E-state index is 12.0. The minimum absolute atomic E-state index is 0.116. The number of pyridine rings is 1. The second kappa shape index (κ2) is 5.90. The molecule has 7 nitrogen and oxygen atoms in total. The molecule has 1 aromatic carbocycles. The Morgan fingerprint density at radius 2 is 2.23 bits per heavy atom. The molecule has 2 N–H and O–H groups in total. The van der Waals surface area contributed by atoms with E-state index in [1.807, 2.05) is 24.3 Å². The van der Waals surface area contributed by atoms with Gasteiger partial charge in [-0.25, -0.2) is 4.68 Å². The summed E-state index contributed by atoms with van der Waals surface area (Å²) in [4.78, 5) is 16.1. The summed E-state index contributed by atoms with van der Waals surface area (Å²) in [6.45, 7) is 1.86. The molecule has 0 aliphatic heterocycles. The SMILES string of the molecule is Cc1c(C(=O)NCCO)nnn1-c1cccc2cnccc12. The topological polar surface area (TPSA) is 92.9 Å². The Bertz CT molecular complexity index is 822. The lowest BCUT2D eigenvalue weighted by molar-refractivity contribution is 0.0939. The summed E-state index contributed by atoms with van der Waals surface area (Å²) in [5.41, 5.74) is 1.73. The number of nitrogens with zero attached hydrogens (tertiary/aromatic N) is 4. The Morgan fingerprint density at radius 3 is 3.05 bits per heavy atom. The smallest absolute Gasteiger partial charge is 0.273 e. The molecule has 3 aromatic rings. The molecule has 0 saturated heterocycles. The number of hydrogen-bond donors (Lipinski definition) is 2. The number of carbonyl (C=O) groups is 1. The van der Waals surface area contributed by atoms with Gasteiger partial charge in [-0.1, -0.05) is 17.3 Å². The number of carbonyl (C=O) groups excluding carboxylic acids is 1. The monoisotopic (exact) mass is 297 g/mol. The van der Waals surface area contributed by atoms with Gasteiger partial charge >= 0.3 is 0 Å². The highest BCUT2D eigenvalue weighted by Crippen LogP contribution is 2.22. The molecule has 3 rings (SSSR count). The Balaban J connectivity index is 2.05. The van der Waals surface area contributed by atoms with Crippen LogP contribution in [-0.4, -0.2) is 44.1 Å². The van der Waals surface area contributed by atoms with Gasteiger partial charge in [0, 0.05) is 29.7 Å². The van der Waals surface area contributed by atoms with Gasteiger partial charge in [-0.3, -0.25) is 9.78 Å². The van der Waals surface area contributed by atoms with E-state index in [9.17, 15) is 4.79 Å². The van der Waals surface area contributed by atoms with Crippen molar-refractivity contribution in [2.45, 2.75) is 6.92 Å². The van der Waals surface area contributed by atoms with Crippen molar-refractivity contribution in [3.05, 3.63) is 48.0 Å². The normalized spacial score (nSPS) is 10.8. The highest BCUT2D eigenvalue weighted by Gasteiger charge is 2.17. The third-order valence-electron chi connectivity index (χ3n) is 3.39. The largest absolute Gasteiger partial charge is 0.395 e. The first kappa shape index (κ1) is 14.2. The van der Waals surface area contributed by atoms with Crippen LogP contribution in [-0.2, 0) is 0 Å². The van der Waals surface area contributed by atoms with Gasteiger partial charge in [0.2, 0.25) is 0 Å². The Kier molecular flexibility index (Phi) is 3.80.